The molecule has 1 atom stereocenters. The first kappa shape index (κ1) is 14.8. The molecule has 0 radical (unpaired) electrons. The van der Waals surface area contributed by atoms with E-state index in [2.05, 4.69) is 10.4 Å². The van der Waals surface area contributed by atoms with Crippen LogP contribution in [0.1, 0.15) is 34.9 Å². The Balaban J connectivity index is 2.14. The van der Waals surface area contributed by atoms with E-state index in [9.17, 15) is 9.59 Å². The maximum absolute atomic E-state index is 12.2. The fourth-order valence-electron chi connectivity index (χ4n) is 2.10. The molecule has 0 aliphatic carbocycles. The average molecular weight is 287 g/mol. The molecule has 1 aromatic carbocycles. The van der Waals surface area contributed by atoms with E-state index in [1.165, 1.54) is 4.68 Å². The standard InChI is InChI=1S/C15H17N3O3/c1-18-13(9-10-16-18)15(21)17-12(7-8-14(19)20)11-5-3-2-4-6-11/h2-6,9-10,12H,7-8H2,1H3,(H,17,21)(H,19,20). The Morgan fingerprint density at radius 3 is 2.57 bits per heavy atom. The monoisotopic (exact) mass is 287 g/mol. The van der Waals surface area contributed by atoms with E-state index in [4.69, 9.17) is 5.11 Å². The lowest BCUT2D eigenvalue weighted by Crippen LogP contribution is -2.30. The van der Waals surface area contributed by atoms with E-state index < -0.39 is 5.97 Å². The Hall–Kier alpha value is -2.63. The third-order valence-corrected chi connectivity index (χ3v) is 3.21. The summed E-state index contributed by atoms with van der Waals surface area (Å²) in [6, 6.07) is 10.6. The van der Waals surface area contributed by atoms with Gasteiger partial charge >= 0.3 is 5.97 Å². The lowest BCUT2D eigenvalue weighted by Gasteiger charge is -2.18. The van der Waals surface area contributed by atoms with Crippen LogP contribution in [0, 0.1) is 0 Å². The number of carboxylic acids is 1. The normalized spacial score (nSPS) is 11.9. The molecule has 2 aromatic rings. The zero-order valence-electron chi connectivity index (χ0n) is 11.7. The molecule has 110 valence electrons. The van der Waals surface area contributed by atoms with Crippen LogP contribution < -0.4 is 5.32 Å². The topological polar surface area (TPSA) is 84.2 Å². The third kappa shape index (κ3) is 3.92. The first-order valence-corrected chi connectivity index (χ1v) is 6.63. The van der Waals surface area contributed by atoms with Crippen molar-refractivity contribution in [3.05, 3.63) is 53.9 Å². The molecule has 2 rings (SSSR count). The van der Waals surface area contributed by atoms with Gasteiger partial charge in [-0.1, -0.05) is 30.3 Å². The summed E-state index contributed by atoms with van der Waals surface area (Å²) in [4.78, 5) is 23.0. The molecule has 1 heterocycles. The van der Waals surface area contributed by atoms with Crippen LogP contribution in [-0.2, 0) is 11.8 Å². The number of amides is 1. The average Bonchev–Trinajstić information content (AvgIpc) is 2.90. The van der Waals surface area contributed by atoms with Crippen LogP contribution in [0.15, 0.2) is 42.6 Å². The summed E-state index contributed by atoms with van der Waals surface area (Å²) < 4.78 is 1.48. The highest BCUT2D eigenvalue weighted by Crippen LogP contribution is 2.19. The van der Waals surface area contributed by atoms with Gasteiger partial charge in [0.2, 0.25) is 0 Å². The van der Waals surface area contributed by atoms with Gasteiger partial charge in [-0.05, 0) is 18.1 Å². The van der Waals surface area contributed by atoms with Crippen LogP contribution in [0.2, 0.25) is 0 Å². The smallest absolute Gasteiger partial charge is 0.303 e. The predicted octanol–water partition coefficient (Wildman–Crippen LogP) is 1.76. The molecule has 1 aromatic heterocycles. The highest BCUT2D eigenvalue weighted by molar-refractivity contribution is 5.92. The maximum Gasteiger partial charge on any atom is 0.303 e. The van der Waals surface area contributed by atoms with Crippen molar-refractivity contribution in [2.24, 2.45) is 7.05 Å². The van der Waals surface area contributed by atoms with Crippen LogP contribution >= 0.6 is 0 Å². The molecule has 0 aliphatic rings. The van der Waals surface area contributed by atoms with Crippen LogP contribution in [0.4, 0.5) is 0 Å². The molecule has 6 heteroatoms. The molecule has 6 nitrogen and oxygen atoms in total. The predicted molar refractivity (Wildman–Crippen MR) is 76.7 cm³/mol. The second kappa shape index (κ2) is 6.69. The molecule has 0 fully saturated rings. The van der Waals surface area contributed by atoms with Crippen molar-refractivity contribution < 1.29 is 14.7 Å². The molecule has 0 saturated carbocycles. The Labute approximate surface area is 122 Å². The van der Waals surface area contributed by atoms with Crippen molar-refractivity contribution in [1.29, 1.82) is 0 Å². The van der Waals surface area contributed by atoms with Gasteiger partial charge in [0.25, 0.3) is 5.91 Å². The number of nitrogens with zero attached hydrogens (tertiary/aromatic N) is 2. The lowest BCUT2D eigenvalue weighted by molar-refractivity contribution is -0.137. The minimum atomic E-state index is -0.884. The SMILES string of the molecule is Cn1nccc1C(=O)NC(CCC(=O)O)c1ccccc1. The van der Waals surface area contributed by atoms with E-state index in [1.807, 2.05) is 30.3 Å². The van der Waals surface area contributed by atoms with Gasteiger partial charge in [-0.2, -0.15) is 5.10 Å². The Morgan fingerprint density at radius 1 is 1.29 bits per heavy atom. The highest BCUT2D eigenvalue weighted by Gasteiger charge is 2.18. The summed E-state index contributed by atoms with van der Waals surface area (Å²) in [6.07, 6.45) is 1.87. The van der Waals surface area contributed by atoms with Crippen LogP contribution in [0.5, 0.6) is 0 Å². The quantitative estimate of drug-likeness (QED) is 0.847. The minimum absolute atomic E-state index is 0.00870. The van der Waals surface area contributed by atoms with Crippen LogP contribution in [-0.4, -0.2) is 26.8 Å². The summed E-state index contributed by atoms with van der Waals surface area (Å²) in [5.41, 5.74) is 1.32. The van der Waals surface area contributed by atoms with Crippen LogP contribution in [0.25, 0.3) is 0 Å². The number of hydrogen-bond acceptors (Lipinski definition) is 3. The van der Waals surface area contributed by atoms with E-state index >= 15 is 0 Å². The number of aryl methyl sites for hydroxylation is 1. The number of aromatic nitrogens is 2. The number of rotatable bonds is 6. The minimum Gasteiger partial charge on any atom is -0.481 e. The number of aliphatic carboxylic acids is 1. The Bertz CT molecular complexity index is 622. The van der Waals surface area contributed by atoms with Crippen molar-refractivity contribution >= 4 is 11.9 Å². The summed E-state index contributed by atoms with van der Waals surface area (Å²) in [7, 11) is 1.68. The van der Waals surface area contributed by atoms with Gasteiger partial charge in [0.15, 0.2) is 0 Å². The second-order valence-corrected chi connectivity index (χ2v) is 4.71. The molecule has 2 N–H and O–H groups in total. The molecule has 0 saturated heterocycles. The summed E-state index contributed by atoms with van der Waals surface area (Å²) >= 11 is 0. The van der Waals surface area contributed by atoms with E-state index in [1.54, 1.807) is 19.3 Å². The first-order valence-electron chi connectivity index (χ1n) is 6.63. The molecule has 0 bridgehead atoms. The number of nitrogens with one attached hydrogen (secondary N) is 1. The number of carboxylic acid groups (broad SMARTS) is 1. The van der Waals surface area contributed by atoms with Gasteiger partial charge in [0.1, 0.15) is 5.69 Å². The first-order chi connectivity index (χ1) is 10.1. The van der Waals surface area contributed by atoms with Crippen molar-refractivity contribution in [2.75, 3.05) is 0 Å². The molecule has 1 amide bonds. The molecule has 1 unspecified atom stereocenters. The van der Waals surface area contributed by atoms with Gasteiger partial charge < -0.3 is 10.4 Å². The van der Waals surface area contributed by atoms with Crippen molar-refractivity contribution in [1.82, 2.24) is 15.1 Å². The zero-order chi connectivity index (χ0) is 15.2. The lowest BCUT2D eigenvalue weighted by atomic mass is 10.0. The van der Waals surface area contributed by atoms with Gasteiger partial charge in [0, 0.05) is 19.7 Å². The molecular weight excluding hydrogens is 270 g/mol. The zero-order valence-corrected chi connectivity index (χ0v) is 11.7. The maximum atomic E-state index is 12.2. The largest absolute Gasteiger partial charge is 0.481 e. The summed E-state index contributed by atoms with van der Waals surface area (Å²) in [5, 5.41) is 15.7. The third-order valence-electron chi connectivity index (χ3n) is 3.21. The van der Waals surface area contributed by atoms with Gasteiger partial charge in [-0.15, -0.1) is 0 Å². The molecule has 21 heavy (non-hydrogen) atoms. The van der Waals surface area contributed by atoms with Crippen molar-refractivity contribution in [2.45, 2.75) is 18.9 Å². The van der Waals surface area contributed by atoms with Gasteiger partial charge in [-0.3, -0.25) is 14.3 Å². The summed E-state index contributed by atoms with van der Waals surface area (Å²) in [6.45, 7) is 0. The number of hydrogen-bond donors (Lipinski definition) is 2. The van der Waals surface area contributed by atoms with Crippen molar-refractivity contribution in [3.8, 4) is 0 Å². The number of carbonyl (C=O) groups is 2. The van der Waals surface area contributed by atoms with E-state index in [-0.39, 0.29) is 18.4 Å². The van der Waals surface area contributed by atoms with Crippen LogP contribution in [0.3, 0.4) is 0 Å². The van der Waals surface area contributed by atoms with Gasteiger partial charge in [0.05, 0.1) is 6.04 Å². The molecule has 0 aliphatic heterocycles. The van der Waals surface area contributed by atoms with Crippen molar-refractivity contribution in [3.63, 3.8) is 0 Å². The summed E-state index contributed by atoms with van der Waals surface area (Å²) in [5.74, 6) is -1.15. The fourth-order valence-corrected chi connectivity index (χ4v) is 2.10. The molecular formula is C15H17N3O3. The number of carbonyl (C=O) groups excluding carboxylic acids is 1. The second-order valence-electron chi connectivity index (χ2n) is 4.71. The number of benzene rings is 1. The van der Waals surface area contributed by atoms with Gasteiger partial charge in [-0.25, -0.2) is 0 Å². The van der Waals surface area contributed by atoms with E-state index in [0.29, 0.717) is 12.1 Å². The Kier molecular flexibility index (Phi) is 4.71. The Morgan fingerprint density at radius 2 is 2.00 bits per heavy atom. The van der Waals surface area contributed by atoms with E-state index in [0.717, 1.165) is 5.56 Å². The highest BCUT2D eigenvalue weighted by atomic mass is 16.4. The fraction of sp³-hybridized carbons (Fsp3) is 0.267. The molecule has 0 spiro atoms.